The topological polar surface area (TPSA) is 72.5 Å². The van der Waals surface area contributed by atoms with Crippen molar-refractivity contribution in [3.05, 3.63) is 10.2 Å². The molecule has 0 saturated carbocycles. The highest BCUT2D eigenvalue weighted by Gasteiger charge is 2.57. The van der Waals surface area contributed by atoms with Gasteiger partial charge in [0, 0.05) is 0 Å². The number of hydrogen-bond donors (Lipinski definition) is 0. The van der Waals surface area contributed by atoms with E-state index >= 15 is 0 Å². The Hall–Kier alpha value is 0.391. The van der Waals surface area contributed by atoms with Gasteiger partial charge in [-0.2, -0.15) is 0 Å². The van der Waals surface area contributed by atoms with Crippen LogP contribution in [0.5, 0.6) is 0 Å². The summed E-state index contributed by atoms with van der Waals surface area (Å²) in [6.07, 6.45) is 1.61. The Morgan fingerprint density at radius 1 is 0.814 bits per heavy atom. The second kappa shape index (κ2) is 14.2. The van der Waals surface area contributed by atoms with E-state index in [1.165, 1.54) is 7.11 Å². The molecule has 0 radical (unpaired) electrons. The van der Waals surface area contributed by atoms with Crippen LogP contribution in [0.25, 0.3) is 0 Å². The van der Waals surface area contributed by atoms with Crippen molar-refractivity contribution in [1.29, 1.82) is 0 Å². The van der Waals surface area contributed by atoms with E-state index in [-0.39, 0.29) is 64.1 Å². The molecule has 0 amide bonds. The van der Waals surface area contributed by atoms with Gasteiger partial charge in [-0.1, -0.05) is 84.9 Å². The Labute approximate surface area is 280 Å². The van der Waals surface area contributed by atoms with Crippen LogP contribution in [0.3, 0.4) is 0 Å². The molecular weight excluding hydrogens is 708 g/mol. The molecule has 0 spiro atoms. The van der Waals surface area contributed by atoms with E-state index in [0.717, 1.165) is 12.8 Å². The summed E-state index contributed by atoms with van der Waals surface area (Å²) in [7, 11) is -5.36. The van der Waals surface area contributed by atoms with Crippen molar-refractivity contribution in [1.82, 2.24) is 0 Å². The van der Waals surface area contributed by atoms with Gasteiger partial charge < -0.3 is 27.5 Å². The molecule has 3 unspecified atom stereocenters. The van der Waals surface area contributed by atoms with Crippen LogP contribution in [0.4, 0.5) is 0 Å². The molecule has 2 saturated heterocycles. The number of hydrogen-bond acceptors (Lipinski definition) is 7. The predicted octanol–water partition coefficient (Wildman–Crippen LogP) is 8.98. The summed E-state index contributed by atoms with van der Waals surface area (Å²) in [6.45, 7) is 34.1. The Balaban J connectivity index is 2.73. The van der Waals surface area contributed by atoms with Gasteiger partial charge in [0.15, 0.2) is 25.0 Å². The van der Waals surface area contributed by atoms with Gasteiger partial charge in [0.05, 0.1) is 31.8 Å². The first kappa shape index (κ1) is 39.6. The fourth-order valence-electron chi connectivity index (χ4n) is 4.77. The van der Waals surface area contributed by atoms with Crippen LogP contribution in [-0.4, -0.2) is 80.8 Å². The number of rotatable bonds is 10. The fraction of sp³-hybridized carbons (Fsp3) is 0.906. The Kier molecular flexibility index (Phi) is 13.1. The van der Waals surface area contributed by atoms with Crippen LogP contribution in [0.1, 0.15) is 81.6 Å². The molecule has 252 valence electrons. The van der Waals surface area contributed by atoms with Gasteiger partial charge in [0.1, 0.15) is 24.4 Å². The normalized spacial score (nSPS) is 29.0. The van der Waals surface area contributed by atoms with Crippen LogP contribution in [0.15, 0.2) is 10.2 Å². The van der Waals surface area contributed by atoms with Gasteiger partial charge in [0.2, 0.25) is 0 Å². The van der Waals surface area contributed by atoms with E-state index in [0.29, 0.717) is 0 Å². The Bertz CT molecular complexity index is 965. The minimum atomic E-state index is -2.31. The zero-order chi connectivity index (χ0) is 33.4. The number of ether oxygens (including phenoxy) is 3. The van der Waals surface area contributed by atoms with E-state index in [1.807, 2.05) is 4.08 Å². The van der Waals surface area contributed by atoms with Crippen LogP contribution in [0, 0.1) is 0 Å². The van der Waals surface area contributed by atoms with Gasteiger partial charge in [0.25, 0.3) is 0 Å². The van der Waals surface area contributed by atoms with E-state index in [4.69, 9.17) is 27.5 Å². The van der Waals surface area contributed by atoms with Gasteiger partial charge in [-0.05, 0) is 77.4 Å². The summed E-state index contributed by atoms with van der Waals surface area (Å²) in [5.41, 5.74) is 0. The Morgan fingerprint density at radius 2 is 1.30 bits per heavy atom. The minimum absolute atomic E-state index is 0.0168. The second-order valence-corrected chi connectivity index (χ2v) is 32.1. The van der Waals surface area contributed by atoms with Gasteiger partial charge >= 0.3 is 5.97 Å². The number of methoxy groups -OCH3 is 1. The third-order valence-electron chi connectivity index (χ3n) is 10.7. The first-order valence-electron chi connectivity index (χ1n) is 16.0. The second-order valence-electron chi connectivity index (χ2n) is 17.1. The minimum Gasteiger partial charge on any atom is -0.469 e. The van der Waals surface area contributed by atoms with Gasteiger partial charge in [-0.15, -0.1) is 0 Å². The molecule has 0 aromatic rings. The molecule has 0 aromatic heterocycles. The fourth-order valence-corrected chi connectivity index (χ4v) is 9.03. The quantitative estimate of drug-likeness (QED) is 0.125. The van der Waals surface area contributed by atoms with Crippen LogP contribution < -0.4 is 0 Å². The molecule has 0 aromatic carbocycles. The molecule has 0 aliphatic carbocycles. The number of carbonyl (C=O) groups is 1. The molecule has 2 rings (SSSR count). The zero-order valence-corrected chi connectivity index (χ0v) is 35.2. The molecule has 11 heteroatoms. The largest absolute Gasteiger partial charge is 0.469 e. The lowest BCUT2D eigenvalue weighted by Gasteiger charge is -2.56. The van der Waals surface area contributed by atoms with Crippen molar-refractivity contribution in [2.45, 2.75) is 179 Å². The third kappa shape index (κ3) is 9.71. The lowest BCUT2D eigenvalue weighted by Crippen LogP contribution is -2.69. The molecule has 2 aliphatic heterocycles. The molecule has 0 bridgehead atoms. The maximum Gasteiger partial charge on any atom is 0.308 e. The third-order valence-corrected chi connectivity index (χ3v) is 24.5. The van der Waals surface area contributed by atoms with Crippen molar-refractivity contribution in [2.24, 2.45) is 0 Å². The average molecular weight is 771 g/mol. The van der Waals surface area contributed by atoms with E-state index < -0.39 is 31.1 Å². The van der Waals surface area contributed by atoms with Crippen molar-refractivity contribution in [3.63, 3.8) is 0 Å². The molecule has 7 nitrogen and oxygen atoms in total. The van der Waals surface area contributed by atoms with Crippen LogP contribution in [0.2, 0.25) is 54.4 Å². The Morgan fingerprint density at radius 3 is 1.74 bits per heavy atom. The molecule has 2 fully saturated rings. The summed E-state index contributed by atoms with van der Waals surface area (Å²) >= 11 is 2.29. The monoisotopic (exact) mass is 770 g/mol. The molecule has 2 heterocycles. The van der Waals surface area contributed by atoms with Crippen molar-refractivity contribution in [2.75, 3.05) is 7.11 Å². The average Bonchev–Trinajstić information content (AvgIpc) is 2.82. The lowest BCUT2D eigenvalue weighted by molar-refractivity contribution is -0.266. The van der Waals surface area contributed by atoms with Crippen LogP contribution >= 0.6 is 22.6 Å². The molecular formula is C32H63IO7Si3. The van der Waals surface area contributed by atoms with E-state index in [9.17, 15) is 4.79 Å². The molecule has 0 N–H and O–H groups in total. The summed E-state index contributed by atoms with van der Waals surface area (Å²) in [6, 6.07) is 0. The van der Waals surface area contributed by atoms with Crippen molar-refractivity contribution >= 4 is 53.5 Å². The first-order chi connectivity index (χ1) is 19.3. The van der Waals surface area contributed by atoms with Crippen LogP contribution in [-0.2, 0) is 32.3 Å². The zero-order valence-electron chi connectivity index (χ0n) is 30.1. The first-order valence-corrected chi connectivity index (χ1v) is 25.9. The number of carbonyl (C=O) groups excluding carboxylic acids is 1. The lowest BCUT2D eigenvalue weighted by atomic mass is 9.87. The number of halogens is 1. The van der Waals surface area contributed by atoms with Gasteiger partial charge in [-0.3, -0.25) is 4.79 Å². The van der Waals surface area contributed by atoms with Crippen molar-refractivity contribution < 1.29 is 32.3 Å². The highest BCUT2D eigenvalue weighted by Crippen LogP contribution is 2.47. The van der Waals surface area contributed by atoms with Gasteiger partial charge in [-0.25, -0.2) is 0 Å². The molecule has 2 aliphatic rings. The summed E-state index contributed by atoms with van der Waals surface area (Å²) in [5.74, 6) is -0.260. The summed E-state index contributed by atoms with van der Waals surface area (Å²) < 4.78 is 42.8. The summed E-state index contributed by atoms with van der Waals surface area (Å²) in [4.78, 5) is 12.3. The highest BCUT2D eigenvalue weighted by atomic mass is 127. The smallest absolute Gasteiger partial charge is 0.308 e. The maximum atomic E-state index is 12.3. The maximum absolute atomic E-state index is 12.3. The summed E-state index contributed by atoms with van der Waals surface area (Å²) in [5, 5.41) is -0.00778. The molecule has 43 heavy (non-hydrogen) atoms. The van der Waals surface area contributed by atoms with Crippen molar-refractivity contribution in [3.8, 4) is 0 Å². The predicted molar refractivity (Wildman–Crippen MR) is 193 cm³/mol. The number of fused-ring (bicyclic) bond motifs is 1. The SMILES string of the molecule is COC(=O)CC1CC[C@@H]2OC(C(/C=C/I)O[Si](C)(C)C(C)(C)C)[C@@H](O[Si](C)(C)C(C)(C)C)[C@@H](O[Si](C)(C)C(C)(C)C)[C@H]2O1. The standard InChI is InChI=1S/C32H63IO7Si3/c1-30(2,3)41(11,12)38-24(19-20-33)27-29(40-43(15,16)32(7,8)9)28(39-42(13,14)31(4,5)6)26-23(37-27)18-17-22(36-26)21-25(34)35-10/h19-20,22-24,26-29H,17-18,21H2,1-16H3/b20-19+/t22?,23-,24?,26-,27?,28-,29+/m0/s1. The number of esters is 1. The molecule has 7 atom stereocenters. The van der Waals surface area contributed by atoms with E-state index in [1.54, 1.807) is 0 Å². The highest BCUT2D eigenvalue weighted by molar-refractivity contribution is 14.1. The van der Waals surface area contributed by atoms with E-state index in [2.05, 4.69) is 130 Å².